The first-order valence-corrected chi connectivity index (χ1v) is 7.79. The van der Waals surface area contributed by atoms with Crippen molar-refractivity contribution in [3.8, 4) is 0 Å². The van der Waals surface area contributed by atoms with Gasteiger partial charge in [-0.2, -0.15) is 0 Å². The molecule has 19 heavy (non-hydrogen) atoms. The van der Waals surface area contributed by atoms with Crippen LogP contribution in [0.3, 0.4) is 0 Å². The second kappa shape index (κ2) is 6.53. The van der Waals surface area contributed by atoms with Crippen LogP contribution in [-0.2, 0) is 4.79 Å². The average Bonchev–Trinajstić information content (AvgIpc) is 2.77. The number of likely N-dealkylation sites (N-methyl/N-ethyl adjacent to an activating group) is 1. The minimum Gasteiger partial charge on any atom is -0.340 e. The standard InChI is InChI=1S/C15H21BrN2O/c1-17(2)14(13-6-4-3-5-7-13)11-18-10-12(9-16)8-15(18)19/h3-7,12,14H,8-11H2,1-2H3. The van der Waals surface area contributed by atoms with Gasteiger partial charge in [-0.25, -0.2) is 0 Å². The second-order valence-electron chi connectivity index (χ2n) is 5.41. The molecule has 2 unspecified atom stereocenters. The summed E-state index contributed by atoms with van der Waals surface area (Å²) in [6.45, 7) is 1.65. The van der Waals surface area contributed by atoms with E-state index in [1.54, 1.807) is 0 Å². The molecule has 1 aromatic rings. The molecule has 0 bridgehead atoms. The average molecular weight is 325 g/mol. The molecule has 1 fully saturated rings. The number of hydrogen-bond donors (Lipinski definition) is 0. The van der Waals surface area contributed by atoms with Crippen LogP contribution in [0.4, 0.5) is 0 Å². The fraction of sp³-hybridized carbons (Fsp3) is 0.533. The van der Waals surface area contributed by atoms with E-state index in [0.29, 0.717) is 12.3 Å². The van der Waals surface area contributed by atoms with Crippen LogP contribution >= 0.6 is 15.9 Å². The molecule has 0 N–H and O–H groups in total. The van der Waals surface area contributed by atoms with Gasteiger partial charge in [-0.3, -0.25) is 4.79 Å². The van der Waals surface area contributed by atoms with Gasteiger partial charge in [0, 0.05) is 24.8 Å². The van der Waals surface area contributed by atoms with Crippen molar-refractivity contribution in [1.82, 2.24) is 9.80 Å². The SMILES string of the molecule is CN(C)C(CN1CC(CBr)CC1=O)c1ccccc1. The Kier molecular flexibility index (Phi) is 4.99. The Balaban J connectivity index is 2.08. The first kappa shape index (κ1) is 14.5. The van der Waals surface area contributed by atoms with Crippen molar-refractivity contribution in [3.05, 3.63) is 35.9 Å². The minimum atomic E-state index is 0.263. The van der Waals surface area contributed by atoms with Gasteiger partial charge in [-0.05, 0) is 25.6 Å². The van der Waals surface area contributed by atoms with E-state index in [1.165, 1.54) is 5.56 Å². The van der Waals surface area contributed by atoms with Crippen molar-refractivity contribution in [2.24, 2.45) is 5.92 Å². The molecule has 1 aliphatic rings. The quantitative estimate of drug-likeness (QED) is 0.777. The van der Waals surface area contributed by atoms with Gasteiger partial charge < -0.3 is 9.80 Å². The van der Waals surface area contributed by atoms with Crippen LogP contribution in [0, 0.1) is 5.92 Å². The Labute approximate surface area is 123 Å². The fourth-order valence-corrected chi connectivity index (χ4v) is 3.02. The lowest BCUT2D eigenvalue weighted by Gasteiger charge is -2.29. The van der Waals surface area contributed by atoms with Gasteiger partial charge in [0.15, 0.2) is 0 Å². The third-order valence-corrected chi connectivity index (χ3v) is 4.63. The first-order valence-electron chi connectivity index (χ1n) is 6.67. The number of benzene rings is 1. The van der Waals surface area contributed by atoms with Gasteiger partial charge in [0.2, 0.25) is 5.91 Å². The monoisotopic (exact) mass is 324 g/mol. The number of hydrogen-bond acceptors (Lipinski definition) is 2. The van der Waals surface area contributed by atoms with Crippen LogP contribution in [0.2, 0.25) is 0 Å². The highest BCUT2D eigenvalue weighted by Gasteiger charge is 2.31. The number of alkyl halides is 1. The van der Waals surface area contributed by atoms with Gasteiger partial charge >= 0.3 is 0 Å². The van der Waals surface area contributed by atoms with Crippen LogP contribution in [0.15, 0.2) is 30.3 Å². The van der Waals surface area contributed by atoms with E-state index in [0.717, 1.165) is 18.4 Å². The highest BCUT2D eigenvalue weighted by Crippen LogP contribution is 2.25. The van der Waals surface area contributed by atoms with E-state index in [1.807, 2.05) is 11.0 Å². The van der Waals surface area contributed by atoms with Crippen LogP contribution in [0.25, 0.3) is 0 Å². The highest BCUT2D eigenvalue weighted by atomic mass is 79.9. The van der Waals surface area contributed by atoms with E-state index in [-0.39, 0.29) is 11.9 Å². The van der Waals surface area contributed by atoms with Gasteiger partial charge in [-0.1, -0.05) is 46.3 Å². The lowest BCUT2D eigenvalue weighted by atomic mass is 10.1. The number of amides is 1. The van der Waals surface area contributed by atoms with Crippen molar-refractivity contribution in [2.45, 2.75) is 12.5 Å². The minimum absolute atomic E-state index is 0.263. The molecule has 1 saturated heterocycles. The van der Waals surface area contributed by atoms with E-state index in [2.05, 4.69) is 59.2 Å². The summed E-state index contributed by atoms with van der Waals surface area (Å²) in [6.07, 6.45) is 0.681. The molecule has 0 spiro atoms. The smallest absolute Gasteiger partial charge is 0.223 e. The zero-order chi connectivity index (χ0) is 13.8. The summed E-state index contributed by atoms with van der Waals surface area (Å²) in [5.74, 6) is 0.748. The van der Waals surface area contributed by atoms with Crippen molar-refractivity contribution >= 4 is 21.8 Å². The predicted octanol–water partition coefficient (Wildman–Crippen LogP) is 2.53. The Hall–Kier alpha value is -0.870. The molecular formula is C15H21BrN2O. The Bertz CT molecular complexity index is 421. The lowest BCUT2D eigenvalue weighted by Crippen LogP contribution is -2.35. The number of halogens is 1. The maximum atomic E-state index is 12.0. The molecule has 0 aromatic heterocycles. The summed E-state index contributed by atoms with van der Waals surface area (Å²) in [4.78, 5) is 16.2. The molecule has 2 rings (SSSR count). The molecule has 1 heterocycles. The third kappa shape index (κ3) is 3.57. The molecule has 2 atom stereocenters. The van der Waals surface area contributed by atoms with Crippen LogP contribution in [0.5, 0.6) is 0 Å². The maximum Gasteiger partial charge on any atom is 0.223 e. The molecule has 0 radical (unpaired) electrons. The number of nitrogens with zero attached hydrogens (tertiary/aromatic N) is 2. The van der Waals surface area contributed by atoms with Gasteiger partial charge in [0.05, 0.1) is 6.04 Å². The van der Waals surface area contributed by atoms with Crippen molar-refractivity contribution < 1.29 is 4.79 Å². The number of carbonyl (C=O) groups excluding carboxylic acids is 1. The van der Waals surface area contributed by atoms with Crippen LogP contribution in [0.1, 0.15) is 18.0 Å². The lowest BCUT2D eigenvalue weighted by molar-refractivity contribution is -0.128. The largest absolute Gasteiger partial charge is 0.340 e. The van der Waals surface area contributed by atoms with Gasteiger partial charge in [-0.15, -0.1) is 0 Å². The summed E-state index contributed by atoms with van der Waals surface area (Å²) >= 11 is 3.48. The number of rotatable bonds is 5. The molecular weight excluding hydrogens is 304 g/mol. The topological polar surface area (TPSA) is 23.6 Å². The summed E-state index contributed by atoms with van der Waals surface area (Å²) in [6, 6.07) is 10.7. The Morgan fingerprint density at radius 3 is 2.58 bits per heavy atom. The van der Waals surface area contributed by atoms with Gasteiger partial charge in [0.25, 0.3) is 0 Å². The first-order chi connectivity index (χ1) is 9.11. The molecule has 1 aromatic carbocycles. The van der Waals surface area contributed by atoms with Crippen molar-refractivity contribution in [2.75, 3.05) is 32.5 Å². The molecule has 0 saturated carbocycles. The third-order valence-electron chi connectivity index (χ3n) is 3.71. The Morgan fingerprint density at radius 2 is 2.05 bits per heavy atom. The Morgan fingerprint density at radius 1 is 1.37 bits per heavy atom. The maximum absolute atomic E-state index is 12.0. The van der Waals surface area contributed by atoms with Gasteiger partial charge in [0.1, 0.15) is 0 Å². The normalized spacial score (nSPS) is 21.2. The fourth-order valence-electron chi connectivity index (χ4n) is 2.58. The predicted molar refractivity (Wildman–Crippen MR) is 81.4 cm³/mol. The molecule has 1 aliphatic heterocycles. The molecule has 1 amide bonds. The van der Waals surface area contributed by atoms with Crippen molar-refractivity contribution in [1.29, 1.82) is 0 Å². The van der Waals surface area contributed by atoms with E-state index in [9.17, 15) is 4.79 Å². The second-order valence-corrected chi connectivity index (χ2v) is 6.06. The summed E-state index contributed by atoms with van der Waals surface area (Å²) in [5, 5.41) is 0.910. The van der Waals surface area contributed by atoms with E-state index in [4.69, 9.17) is 0 Å². The van der Waals surface area contributed by atoms with Crippen LogP contribution < -0.4 is 0 Å². The molecule has 4 heteroatoms. The summed E-state index contributed by atoms with van der Waals surface area (Å²) < 4.78 is 0. The van der Waals surface area contributed by atoms with E-state index >= 15 is 0 Å². The summed E-state index contributed by atoms with van der Waals surface area (Å²) in [5.41, 5.74) is 1.27. The number of likely N-dealkylation sites (tertiary alicyclic amines) is 1. The zero-order valence-electron chi connectivity index (χ0n) is 11.6. The van der Waals surface area contributed by atoms with E-state index < -0.39 is 0 Å². The molecule has 3 nitrogen and oxygen atoms in total. The zero-order valence-corrected chi connectivity index (χ0v) is 13.1. The molecule has 104 valence electrons. The summed E-state index contributed by atoms with van der Waals surface area (Å²) in [7, 11) is 4.14. The number of carbonyl (C=O) groups is 1. The van der Waals surface area contributed by atoms with Crippen LogP contribution in [-0.4, -0.2) is 48.2 Å². The molecule has 0 aliphatic carbocycles. The highest BCUT2D eigenvalue weighted by molar-refractivity contribution is 9.09. The van der Waals surface area contributed by atoms with Crippen molar-refractivity contribution in [3.63, 3.8) is 0 Å².